The molecule has 164 valence electrons. The first-order chi connectivity index (χ1) is 14.5. The molecule has 0 bridgehead atoms. The molecule has 0 atom stereocenters. The average Bonchev–Trinajstić information content (AvgIpc) is 2.76. The zero-order chi connectivity index (χ0) is 21.5. The molecule has 0 spiro atoms. The van der Waals surface area contributed by atoms with E-state index < -0.39 is 0 Å². The molecule has 3 rings (SSSR count). The summed E-state index contributed by atoms with van der Waals surface area (Å²) in [6.07, 6.45) is 0. The summed E-state index contributed by atoms with van der Waals surface area (Å²) in [6.45, 7) is 14.5. The molecule has 0 aromatic heterocycles. The Hall–Kier alpha value is -2.40. The van der Waals surface area contributed by atoms with E-state index in [0.717, 1.165) is 44.2 Å². The first-order valence-electron chi connectivity index (χ1n) is 11.1. The second kappa shape index (κ2) is 10.6. The summed E-state index contributed by atoms with van der Waals surface area (Å²) >= 11 is 0. The lowest BCUT2D eigenvalue weighted by molar-refractivity contribution is 0.140. The molecule has 1 saturated heterocycles. The van der Waals surface area contributed by atoms with Crippen LogP contribution in [0.3, 0.4) is 0 Å². The number of benzene rings is 2. The van der Waals surface area contributed by atoms with Gasteiger partial charge in [0.1, 0.15) is 6.61 Å². The highest BCUT2D eigenvalue weighted by atomic mass is 16.5. The van der Waals surface area contributed by atoms with E-state index in [2.05, 4.69) is 84.9 Å². The molecular weight excluding hydrogens is 374 g/mol. The second-order valence-electron chi connectivity index (χ2n) is 8.42. The van der Waals surface area contributed by atoms with Gasteiger partial charge in [0.25, 0.3) is 0 Å². The number of hydrogen-bond donors (Lipinski definition) is 0. The number of hydrogen-bond acceptors (Lipinski definition) is 5. The van der Waals surface area contributed by atoms with Gasteiger partial charge < -0.3 is 19.3 Å². The van der Waals surface area contributed by atoms with E-state index >= 15 is 0 Å². The van der Waals surface area contributed by atoms with Gasteiger partial charge in [0.2, 0.25) is 0 Å². The SMILES string of the molecule is COc1ccc(N2CCN(c3ccccc3)CC2)cc1OCCN(C(C)C)C(C)C. The monoisotopic (exact) mass is 411 g/mol. The van der Waals surface area contributed by atoms with Gasteiger partial charge in [0.15, 0.2) is 11.5 Å². The van der Waals surface area contributed by atoms with E-state index in [9.17, 15) is 0 Å². The zero-order valence-electron chi connectivity index (χ0n) is 19.2. The highest BCUT2D eigenvalue weighted by molar-refractivity contribution is 5.58. The number of methoxy groups -OCH3 is 1. The molecule has 1 heterocycles. The molecule has 5 heteroatoms. The summed E-state index contributed by atoms with van der Waals surface area (Å²) in [7, 11) is 1.70. The Bertz CT molecular complexity index is 763. The molecule has 1 fully saturated rings. The summed E-state index contributed by atoms with van der Waals surface area (Å²) < 4.78 is 11.7. The molecule has 0 radical (unpaired) electrons. The van der Waals surface area contributed by atoms with E-state index in [-0.39, 0.29) is 0 Å². The predicted octanol–water partition coefficient (Wildman–Crippen LogP) is 4.52. The fourth-order valence-corrected chi connectivity index (χ4v) is 4.21. The summed E-state index contributed by atoms with van der Waals surface area (Å²) in [5.41, 5.74) is 2.50. The van der Waals surface area contributed by atoms with Gasteiger partial charge >= 0.3 is 0 Å². The first kappa shape index (κ1) is 22.3. The van der Waals surface area contributed by atoms with Crippen molar-refractivity contribution in [1.29, 1.82) is 0 Å². The number of nitrogens with zero attached hydrogens (tertiary/aromatic N) is 3. The van der Waals surface area contributed by atoms with Crippen LogP contribution in [0.4, 0.5) is 11.4 Å². The number of para-hydroxylation sites is 1. The molecule has 30 heavy (non-hydrogen) atoms. The predicted molar refractivity (Wildman–Crippen MR) is 126 cm³/mol. The second-order valence-corrected chi connectivity index (χ2v) is 8.42. The smallest absolute Gasteiger partial charge is 0.163 e. The lowest BCUT2D eigenvalue weighted by Gasteiger charge is -2.37. The third kappa shape index (κ3) is 5.60. The molecule has 0 unspecified atom stereocenters. The molecule has 0 aliphatic carbocycles. The minimum absolute atomic E-state index is 0.503. The molecule has 1 aliphatic heterocycles. The molecule has 0 saturated carbocycles. The van der Waals surface area contributed by atoms with Crippen LogP contribution in [0.25, 0.3) is 0 Å². The first-order valence-corrected chi connectivity index (χ1v) is 11.1. The van der Waals surface area contributed by atoms with Gasteiger partial charge in [0, 0.05) is 62.2 Å². The van der Waals surface area contributed by atoms with E-state index in [0.29, 0.717) is 18.7 Å². The van der Waals surface area contributed by atoms with Crippen LogP contribution in [-0.2, 0) is 0 Å². The summed E-state index contributed by atoms with van der Waals surface area (Å²) in [6, 6.07) is 18.0. The van der Waals surface area contributed by atoms with Gasteiger partial charge in [-0.1, -0.05) is 18.2 Å². The Morgan fingerprint density at radius 2 is 1.40 bits per heavy atom. The normalized spacial score (nSPS) is 14.7. The van der Waals surface area contributed by atoms with Crippen LogP contribution < -0.4 is 19.3 Å². The van der Waals surface area contributed by atoms with Gasteiger partial charge in [-0.3, -0.25) is 4.90 Å². The van der Waals surface area contributed by atoms with Crippen molar-refractivity contribution in [3.63, 3.8) is 0 Å². The Morgan fingerprint density at radius 1 is 0.800 bits per heavy atom. The summed E-state index contributed by atoms with van der Waals surface area (Å²) in [5, 5.41) is 0. The Balaban J connectivity index is 1.62. The van der Waals surface area contributed by atoms with Crippen LogP contribution in [0.5, 0.6) is 11.5 Å². The minimum Gasteiger partial charge on any atom is -0.493 e. The quantitative estimate of drug-likeness (QED) is 0.605. The largest absolute Gasteiger partial charge is 0.493 e. The van der Waals surface area contributed by atoms with E-state index in [4.69, 9.17) is 9.47 Å². The van der Waals surface area contributed by atoms with Crippen LogP contribution in [0.2, 0.25) is 0 Å². The molecular formula is C25H37N3O2. The van der Waals surface area contributed by atoms with Crippen molar-refractivity contribution in [3.8, 4) is 11.5 Å². The van der Waals surface area contributed by atoms with Crippen LogP contribution in [-0.4, -0.2) is 63.4 Å². The van der Waals surface area contributed by atoms with Gasteiger partial charge in [-0.05, 0) is 52.0 Å². The number of ether oxygens (including phenoxy) is 2. The van der Waals surface area contributed by atoms with Crippen molar-refractivity contribution < 1.29 is 9.47 Å². The van der Waals surface area contributed by atoms with Crippen LogP contribution in [0.1, 0.15) is 27.7 Å². The maximum absolute atomic E-state index is 6.18. The van der Waals surface area contributed by atoms with Gasteiger partial charge in [0.05, 0.1) is 7.11 Å². The fourth-order valence-electron chi connectivity index (χ4n) is 4.21. The fraction of sp³-hybridized carbons (Fsp3) is 0.520. The molecule has 2 aromatic rings. The lowest BCUT2D eigenvalue weighted by Crippen LogP contribution is -2.46. The summed E-state index contributed by atoms with van der Waals surface area (Å²) in [5.74, 6) is 1.62. The van der Waals surface area contributed by atoms with Crippen LogP contribution in [0.15, 0.2) is 48.5 Å². The highest BCUT2D eigenvalue weighted by Gasteiger charge is 2.19. The van der Waals surface area contributed by atoms with Gasteiger partial charge in [-0.15, -0.1) is 0 Å². The van der Waals surface area contributed by atoms with Crippen molar-refractivity contribution in [2.24, 2.45) is 0 Å². The van der Waals surface area contributed by atoms with E-state index in [1.165, 1.54) is 11.4 Å². The Labute approximate surface area is 182 Å². The van der Waals surface area contributed by atoms with Gasteiger partial charge in [-0.25, -0.2) is 0 Å². The number of anilines is 2. The average molecular weight is 412 g/mol. The Kier molecular flexibility index (Phi) is 7.86. The minimum atomic E-state index is 0.503. The molecule has 0 amide bonds. The highest BCUT2D eigenvalue weighted by Crippen LogP contribution is 2.32. The molecule has 2 aromatic carbocycles. The lowest BCUT2D eigenvalue weighted by atomic mass is 10.2. The molecule has 0 N–H and O–H groups in total. The molecule has 1 aliphatic rings. The third-order valence-electron chi connectivity index (χ3n) is 5.85. The Morgan fingerprint density at radius 3 is 1.97 bits per heavy atom. The maximum atomic E-state index is 6.18. The molecule has 5 nitrogen and oxygen atoms in total. The van der Waals surface area contributed by atoms with Crippen molar-refractivity contribution in [2.75, 3.05) is 56.2 Å². The van der Waals surface area contributed by atoms with Crippen molar-refractivity contribution in [1.82, 2.24) is 4.90 Å². The van der Waals surface area contributed by atoms with E-state index in [1.807, 2.05) is 6.07 Å². The number of piperazine rings is 1. The summed E-state index contributed by atoms with van der Waals surface area (Å²) in [4.78, 5) is 7.32. The standard InChI is InChI=1S/C25H37N3O2/c1-20(2)28(21(3)4)17-18-30-25-19-23(11-12-24(25)29-5)27-15-13-26(14-16-27)22-9-7-6-8-10-22/h6-12,19-21H,13-18H2,1-5H3. The van der Waals surface area contributed by atoms with Crippen molar-refractivity contribution in [2.45, 2.75) is 39.8 Å². The van der Waals surface area contributed by atoms with Crippen molar-refractivity contribution >= 4 is 11.4 Å². The van der Waals surface area contributed by atoms with Crippen LogP contribution >= 0.6 is 0 Å². The topological polar surface area (TPSA) is 28.2 Å². The number of rotatable bonds is 9. The van der Waals surface area contributed by atoms with Crippen molar-refractivity contribution in [3.05, 3.63) is 48.5 Å². The maximum Gasteiger partial charge on any atom is 0.163 e. The van der Waals surface area contributed by atoms with Crippen LogP contribution in [0, 0.1) is 0 Å². The van der Waals surface area contributed by atoms with Gasteiger partial charge in [-0.2, -0.15) is 0 Å². The zero-order valence-corrected chi connectivity index (χ0v) is 19.2. The van der Waals surface area contributed by atoms with E-state index in [1.54, 1.807) is 7.11 Å². The third-order valence-corrected chi connectivity index (χ3v) is 5.85.